The van der Waals surface area contributed by atoms with Gasteiger partial charge in [-0.2, -0.15) is 0 Å². The second-order valence-electron chi connectivity index (χ2n) is 4.17. The van der Waals surface area contributed by atoms with E-state index < -0.39 is 10.0 Å². The van der Waals surface area contributed by atoms with Crippen LogP contribution in [0.3, 0.4) is 0 Å². The van der Waals surface area contributed by atoms with E-state index in [0.717, 1.165) is 6.29 Å². The fourth-order valence-electron chi connectivity index (χ4n) is 1.59. The Morgan fingerprint density at radius 1 is 1.32 bits per heavy atom. The Bertz CT molecular complexity index is 496. The molecule has 0 aliphatic rings. The van der Waals surface area contributed by atoms with Crippen molar-refractivity contribution in [1.29, 1.82) is 0 Å². The Morgan fingerprint density at radius 3 is 2.42 bits per heavy atom. The Morgan fingerprint density at radius 2 is 1.95 bits per heavy atom. The van der Waals surface area contributed by atoms with Gasteiger partial charge in [0.15, 0.2) is 0 Å². The highest BCUT2D eigenvalue weighted by atomic mass is 32.2. The van der Waals surface area contributed by atoms with Crippen LogP contribution in [0.15, 0.2) is 29.2 Å². The molecule has 0 aliphatic carbocycles. The molecule has 1 N–H and O–H groups in total. The first-order valence-corrected chi connectivity index (χ1v) is 7.60. The molecule has 1 atom stereocenters. The van der Waals surface area contributed by atoms with Crippen molar-refractivity contribution >= 4 is 16.3 Å². The van der Waals surface area contributed by atoms with Gasteiger partial charge in [0.1, 0.15) is 12.0 Å². The van der Waals surface area contributed by atoms with Crippen LogP contribution >= 0.6 is 0 Å². The molecule has 0 aromatic heterocycles. The Hall–Kier alpha value is -1.40. The van der Waals surface area contributed by atoms with Crippen molar-refractivity contribution in [3.8, 4) is 5.75 Å². The molecule has 0 amide bonds. The van der Waals surface area contributed by atoms with Gasteiger partial charge in [-0.15, -0.1) is 0 Å². The average Bonchev–Trinajstić information content (AvgIpc) is 2.43. The van der Waals surface area contributed by atoms with Gasteiger partial charge < -0.3 is 9.53 Å². The fourth-order valence-corrected chi connectivity index (χ4v) is 2.63. The zero-order chi connectivity index (χ0) is 14.3. The number of hydrogen-bond donors (Lipinski definition) is 1. The molecule has 19 heavy (non-hydrogen) atoms. The first-order chi connectivity index (χ1) is 9.03. The molecule has 0 heterocycles. The second-order valence-corrected chi connectivity index (χ2v) is 5.93. The van der Waals surface area contributed by atoms with Gasteiger partial charge in [0.05, 0.1) is 12.0 Å². The van der Waals surface area contributed by atoms with Crippen molar-refractivity contribution in [2.24, 2.45) is 5.92 Å². The first-order valence-electron chi connectivity index (χ1n) is 6.12. The lowest BCUT2D eigenvalue weighted by Gasteiger charge is -2.09. The summed E-state index contributed by atoms with van der Waals surface area (Å²) in [7, 11) is -2.00. The minimum atomic E-state index is -3.52. The van der Waals surface area contributed by atoms with E-state index in [1.165, 1.54) is 19.2 Å². The fraction of sp³-hybridized carbons (Fsp3) is 0.462. The Balaban J connectivity index is 2.62. The summed E-state index contributed by atoms with van der Waals surface area (Å²) >= 11 is 0. The van der Waals surface area contributed by atoms with Crippen molar-refractivity contribution in [3.05, 3.63) is 24.3 Å². The minimum Gasteiger partial charge on any atom is -0.497 e. The highest BCUT2D eigenvalue weighted by molar-refractivity contribution is 7.89. The highest BCUT2D eigenvalue weighted by Gasteiger charge is 2.14. The van der Waals surface area contributed by atoms with Crippen LogP contribution in [-0.4, -0.2) is 28.4 Å². The monoisotopic (exact) mass is 285 g/mol. The molecule has 0 aliphatic heterocycles. The lowest BCUT2D eigenvalue weighted by molar-refractivity contribution is -0.111. The molecule has 0 bridgehead atoms. The van der Waals surface area contributed by atoms with Crippen LogP contribution in [0, 0.1) is 5.92 Å². The van der Waals surface area contributed by atoms with E-state index in [9.17, 15) is 13.2 Å². The van der Waals surface area contributed by atoms with Crippen molar-refractivity contribution in [3.63, 3.8) is 0 Å². The third kappa shape index (κ3) is 4.65. The van der Waals surface area contributed by atoms with Crippen molar-refractivity contribution in [2.45, 2.75) is 24.7 Å². The van der Waals surface area contributed by atoms with E-state index in [0.29, 0.717) is 18.6 Å². The van der Waals surface area contributed by atoms with Gasteiger partial charge in [0.2, 0.25) is 10.0 Å². The number of carbonyl (C=O) groups excluding carboxylic acids is 1. The van der Waals surface area contributed by atoms with E-state index in [1.807, 2.05) is 6.92 Å². The number of aldehydes is 1. The summed E-state index contributed by atoms with van der Waals surface area (Å²) in [5.41, 5.74) is 0. The predicted octanol–water partition coefficient (Wildman–Crippen LogP) is 1.59. The van der Waals surface area contributed by atoms with Crippen LogP contribution in [0.1, 0.15) is 19.8 Å². The minimum absolute atomic E-state index is 0.0985. The second kappa shape index (κ2) is 7.25. The van der Waals surface area contributed by atoms with E-state index in [-0.39, 0.29) is 17.4 Å². The summed E-state index contributed by atoms with van der Waals surface area (Å²) in [5, 5.41) is 0. The maximum atomic E-state index is 11.9. The van der Waals surface area contributed by atoms with Gasteiger partial charge >= 0.3 is 0 Å². The lowest BCUT2D eigenvalue weighted by atomic mass is 10.1. The van der Waals surface area contributed by atoms with Gasteiger partial charge in [0, 0.05) is 12.5 Å². The molecule has 1 aromatic rings. The average molecular weight is 285 g/mol. The van der Waals surface area contributed by atoms with Gasteiger partial charge in [-0.25, -0.2) is 13.1 Å². The molecule has 0 saturated heterocycles. The number of methoxy groups -OCH3 is 1. The van der Waals surface area contributed by atoms with Crippen LogP contribution < -0.4 is 9.46 Å². The quantitative estimate of drug-likeness (QED) is 0.736. The topological polar surface area (TPSA) is 72.5 Å². The van der Waals surface area contributed by atoms with E-state index in [4.69, 9.17) is 4.74 Å². The molecule has 0 fully saturated rings. The van der Waals surface area contributed by atoms with Crippen molar-refractivity contribution in [1.82, 2.24) is 4.72 Å². The molecule has 0 saturated carbocycles. The number of benzene rings is 1. The Labute approximate surface area is 114 Å². The molecule has 1 rings (SSSR count). The maximum Gasteiger partial charge on any atom is 0.240 e. The van der Waals surface area contributed by atoms with E-state index in [1.54, 1.807) is 12.1 Å². The molecular weight excluding hydrogens is 266 g/mol. The van der Waals surface area contributed by atoms with Gasteiger partial charge in [-0.1, -0.05) is 6.92 Å². The lowest BCUT2D eigenvalue weighted by Crippen LogP contribution is -2.26. The van der Waals surface area contributed by atoms with Crippen LogP contribution in [0.25, 0.3) is 0 Å². The summed E-state index contributed by atoms with van der Waals surface area (Å²) in [6.45, 7) is 2.16. The molecule has 0 radical (unpaired) electrons. The predicted molar refractivity (Wildman–Crippen MR) is 72.6 cm³/mol. The SMILES string of the molecule is CCC(C=O)CCNS(=O)(=O)c1ccc(OC)cc1. The Kier molecular flexibility index (Phi) is 5.98. The summed E-state index contributed by atoms with van der Waals surface area (Å²) < 4.78 is 31.4. The zero-order valence-corrected chi connectivity index (χ0v) is 11.9. The standard InChI is InChI=1S/C13H19NO4S/c1-3-11(10-15)8-9-14-19(16,17)13-6-4-12(18-2)5-7-13/h4-7,10-11,14H,3,8-9H2,1-2H3. The van der Waals surface area contributed by atoms with Crippen LogP contribution in [0.5, 0.6) is 5.75 Å². The summed E-state index contributed by atoms with van der Waals surface area (Å²) in [4.78, 5) is 10.8. The van der Waals surface area contributed by atoms with E-state index >= 15 is 0 Å². The number of nitrogens with one attached hydrogen (secondary N) is 1. The number of ether oxygens (including phenoxy) is 1. The molecule has 0 spiro atoms. The van der Waals surface area contributed by atoms with E-state index in [2.05, 4.69) is 4.72 Å². The smallest absolute Gasteiger partial charge is 0.240 e. The third-order valence-electron chi connectivity index (χ3n) is 2.89. The summed E-state index contributed by atoms with van der Waals surface area (Å²) in [6.07, 6.45) is 2.09. The van der Waals surface area contributed by atoms with Crippen molar-refractivity contribution in [2.75, 3.05) is 13.7 Å². The summed E-state index contributed by atoms with van der Waals surface area (Å²) in [5.74, 6) is 0.504. The molecule has 5 nitrogen and oxygen atoms in total. The molecule has 106 valence electrons. The van der Waals surface area contributed by atoms with Gasteiger partial charge in [-0.3, -0.25) is 0 Å². The third-order valence-corrected chi connectivity index (χ3v) is 4.37. The molecule has 1 unspecified atom stereocenters. The van der Waals surface area contributed by atoms with Gasteiger partial charge in [-0.05, 0) is 37.1 Å². The molecular formula is C13H19NO4S. The number of carbonyl (C=O) groups is 1. The van der Waals surface area contributed by atoms with Crippen molar-refractivity contribution < 1.29 is 17.9 Å². The zero-order valence-electron chi connectivity index (χ0n) is 11.1. The maximum absolute atomic E-state index is 11.9. The van der Waals surface area contributed by atoms with Crippen LogP contribution in [0.2, 0.25) is 0 Å². The molecule has 1 aromatic carbocycles. The normalized spacial score (nSPS) is 12.9. The van der Waals surface area contributed by atoms with Crippen LogP contribution in [-0.2, 0) is 14.8 Å². The molecule has 6 heteroatoms. The number of sulfonamides is 1. The van der Waals surface area contributed by atoms with Crippen LogP contribution in [0.4, 0.5) is 0 Å². The number of hydrogen-bond acceptors (Lipinski definition) is 4. The van der Waals surface area contributed by atoms with Gasteiger partial charge in [0.25, 0.3) is 0 Å². The first kappa shape index (κ1) is 15.7. The largest absolute Gasteiger partial charge is 0.497 e. The summed E-state index contributed by atoms with van der Waals surface area (Å²) in [6, 6.07) is 6.15. The number of rotatable bonds is 8. The highest BCUT2D eigenvalue weighted by Crippen LogP contribution is 2.15.